The van der Waals surface area contributed by atoms with Crippen LogP contribution in [0, 0.1) is 6.92 Å². The minimum atomic E-state index is -1.63. The number of hydrogen-bond acceptors (Lipinski definition) is 14. The predicted molar refractivity (Wildman–Crippen MR) is 214 cm³/mol. The number of nitrogens with zero attached hydrogens (tertiary/aromatic N) is 8. The zero-order valence-electron chi connectivity index (χ0n) is 34.3. The number of carbonyl (C=O) groups excluding carboxylic acids is 1. The molecule has 2 aliphatic rings. The maximum Gasteiger partial charge on any atom is 0.333 e. The first-order valence-electron chi connectivity index (χ1n) is 21.2. The molecule has 1 amide bonds. The fourth-order valence-corrected chi connectivity index (χ4v) is 7.45. The second kappa shape index (κ2) is 23.0. The molecule has 3 aromatic heterocycles. The number of amides is 1. The summed E-state index contributed by atoms with van der Waals surface area (Å²) in [5, 5.41) is 70.2. The van der Waals surface area contributed by atoms with Crippen molar-refractivity contribution in [2.75, 3.05) is 6.61 Å². The lowest BCUT2D eigenvalue weighted by Gasteiger charge is -2.39. The summed E-state index contributed by atoms with van der Waals surface area (Å²) < 4.78 is 16.4. The summed E-state index contributed by atoms with van der Waals surface area (Å²) >= 11 is 0. The van der Waals surface area contributed by atoms with Crippen molar-refractivity contribution < 1.29 is 39.8 Å². The van der Waals surface area contributed by atoms with E-state index >= 15 is 0 Å². The third-order valence-electron chi connectivity index (χ3n) is 11.0. The Kier molecular flexibility index (Phi) is 17.9. The highest BCUT2D eigenvalue weighted by molar-refractivity contribution is 5.75. The SMILES string of the molecule is CCCCCCCC/C=C\CCCCCCCC(=O)NCc1cn(C[C@H]2O[C@@H](n3cc(C)c(=O)n(Cc4cn([C@@H]5O[C@H](CO)[C@@H](O)[C@H](O)[C@H]5O)nn4)c3=O)C[C@@H]2O)nn1. The lowest BCUT2D eigenvalue weighted by Crippen LogP contribution is -2.56. The van der Waals surface area contributed by atoms with Crippen LogP contribution in [0.1, 0.15) is 133 Å². The Morgan fingerprint density at radius 1 is 0.831 bits per heavy atom. The monoisotopic (exact) mass is 829 g/mol. The van der Waals surface area contributed by atoms with Gasteiger partial charge in [0.25, 0.3) is 5.56 Å². The fraction of sp³-hybridized carbons (Fsp3) is 0.725. The van der Waals surface area contributed by atoms with Gasteiger partial charge in [0.15, 0.2) is 6.23 Å². The fourth-order valence-electron chi connectivity index (χ4n) is 7.45. The average molecular weight is 830 g/mol. The molecule has 0 bridgehead atoms. The van der Waals surface area contributed by atoms with E-state index in [-0.39, 0.29) is 43.2 Å². The Balaban J connectivity index is 1.03. The van der Waals surface area contributed by atoms with Crippen LogP contribution in [0.5, 0.6) is 0 Å². The summed E-state index contributed by atoms with van der Waals surface area (Å²) in [6.45, 7) is 3.18. The van der Waals surface area contributed by atoms with E-state index in [2.05, 4.69) is 45.0 Å². The molecule has 19 heteroatoms. The maximum atomic E-state index is 13.6. The van der Waals surface area contributed by atoms with E-state index in [1.165, 1.54) is 86.4 Å². The second-order valence-electron chi connectivity index (χ2n) is 15.8. The number of nitrogens with one attached hydrogen (secondary N) is 1. The van der Waals surface area contributed by atoms with Crippen molar-refractivity contribution in [2.45, 2.75) is 179 Å². The van der Waals surface area contributed by atoms with Crippen LogP contribution < -0.4 is 16.6 Å². The summed E-state index contributed by atoms with van der Waals surface area (Å²) in [6.07, 6.45) is 15.2. The molecule has 0 saturated carbocycles. The molecule has 0 spiro atoms. The van der Waals surface area contributed by atoms with Crippen LogP contribution in [-0.4, -0.2) is 114 Å². The van der Waals surface area contributed by atoms with Crippen LogP contribution in [-0.2, 0) is 33.9 Å². The van der Waals surface area contributed by atoms with Gasteiger partial charge in [0.05, 0.1) is 44.7 Å². The Hall–Kier alpha value is -4.11. The van der Waals surface area contributed by atoms with E-state index in [1.807, 2.05) is 0 Å². The van der Waals surface area contributed by atoms with E-state index in [0.717, 1.165) is 34.9 Å². The van der Waals surface area contributed by atoms with Crippen LogP contribution in [0.15, 0.2) is 40.3 Å². The molecule has 8 atom stereocenters. The number of aromatic nitrogens is 8. The van der Waals surface area contributed by atoms with Crippen LogP contribution in [0.25, 0.3) is 0 Å². The molecular weight excluding hydrogens is 766 g/mol. The predicted octanol–water partition coefficient (Wildman–Crippen LogP) is 1.52. The molecule has 2 saturated heterocycles. The van der Waals surface area contributed by atoms with Gasteiger partial charge in [-0.25, -0.2) is 14.2 Å². The molecule has 59 heavy (non-hydrogen) atoms. The number of ether oxygens (including phenoxy) is 2. The van der Waals surface area contributed by atoms with Gasteiger partial charge < -0.3 is 40.3 Å². The first kappa shape index (κ1) is 46.0. The van der Waals surface area contributed by atoms with Gasteiger partial charge in [-0.05, 0) is 39.0 Å². The van der Waals surface area contributed by atoms with Gasteiger partial charge in [-0.2, -0.15) is 0 Å². The van der Waals surface area contributed by atoms with Crippen molar-refractivity contribution in [1.29, 1.82) is 0 Å². The molecule has 2 fully saturated rings. The zero-order valence-corrected chi connectivity index (χ0v) is 34.3. The van der Waals surface area contributed by atoms with E-state index in [9.17, 15) is 39.9 Å². The van der Waals surface area contributed by atoms with Gasteiger partial charge in [0, 0.05) is 24.6 Å². The highest BCUT2D eigenvalue weighted by Crippen LogP contribution is 2.29. The number of carbonyl (C=O) groups is 1. The molecular formula is C40H63N9O10. The summed E-state index contributed by atoms with van der Waals surface area (Å²) in [5.74, 6) is -0.0462. The van der Waals surface area contributed by atoms with E-state index in [1.54, 1.807) is 6.20 Å². The number of aliphatic hydroxyl groups excluding tert-OH is 5. The molecule has 5 rings (SSSR count). The summed E-state index contributed by atoms with van der Waals surface area (Å²) in [5.41, 5.74) is -0.383. The normalized spacial score (nSPS) is 24.7. The van der Waals surface area contributed by atoms with Gasteiger partial charge in [-0.1, -0.05) is 80.9 Å². The van der Waals surface area contributed by atoms with Crippen molar-refractivity contribution in [2.24, 2.45) is 0 Å². The number of allylic oxidation sites excluding steroid dienone is 2. The molecule has 0 aliphatic carbocycles. The van der Waals surface area contributed by atoms with Crippen molar-refractivity contribution in [1.82, 2.24) is 44.4 Å². The topological polar surface area (TPSA) is 254 Å². The number of aliphatic hydroxyl groups is 5. The van der Waals surface area contributed by atoms with Crippen molar-refractivity contribution in [3.8, 4) is 0 Å². The minimum absolute atomic E-state index is 0.0462. The molecule has 5 heterocycles. The second-order valence-corrected chi connectivity index (χ2v) is 15.8. The third kappa shape index (κ3) is 12.9. The van der Waals surface area contributed by atoms with Crippen LogP contribution in [0.4, 0.5) is 0 Å². The van der Waals surface area contributed by atoms with Crippen molar-refractivity contribution >= 4 is 5.91 Å². The largest absolute Gasteiger partial charge is 0.394 e. The zero-order chi connectivity index (χ0) is 42.3. The number of rotatable bonds is 24. The van der Waals surface area contributed by atoms with Crippen LogP contribution in [0.2, 0.25) is 0 Å². The molecule has 0 radical (unpaired) electrons. The highest BCUT2D eigenvalue weighted by Gasteiger charge is 2.45. The molecule has 0 aromatic carbocycles. The summed E-state index contributed by atoms with van der Waals surface area (Å²) in [6, 6.07) is 0. The van der Waals surface area contributed by atoms with Gasteiger partial charge in [-0.3, -0.25) is 18.7 Å². The number of unbranched alkanes of at least 4 members (excludes halogenated alkanes) is 11. The van der Waals surface area contributed by atoms with Gasteiger partial charge in [0.1, 0.15) is 48.1 Å². The quantitative estimate of drug-likeness (QED) is 0.0554. The van der Waals surface area contributed by atoms with Gasteiger partial charge in [0.2, 0.25) is 5.91 Å². The molecule has 3 aromatic rings. The Morgan fingerprint density at radius 2 is 1.51 bits per heavy atom. The molecule has 6 N–H and O–H groups in total. The highest BCUT2D eigenvalue weighted by atomic mass is 16.6. The summed E-state index contributed by atoms with van der Waals surface area (Å²) in [7, 11) is 0. The molecule has 19 nitrogen and oxygen atoms in total. The van der Waals surface area contributed by atoms with Crippen molar-refractivity contribution in [3.05, 3.63) is 68.5 Å². The maximum absolute atomic E-state index is 13.6. The number of aryl methyl sites for hydroxylation is 1. The standard InChI is InChI=1S/C40H63N9O10/c1-3-4-5-6-7-8-9-10-11-12-13-14-15-16-17-18-33(52)41-20-28-22-46(44-42-28)25-31-30(51)19-34(58-31)47-21-27(2)38(56)48(40(47)57)23-29-24-49(45-43-29)39-37(55)36(54)35(53)32(26-50)59-39/h10-11,21-22,24,30-32,34-37,39,50-51,53-55H,3-9,12-20,23,25-26H2,1-2H3,(H,41,52)/b11-10-/t30-,31+,32+,34+,35+,36-,37+,39+/m0/s1. The van der Waals surface area contributed by atoms with Crippen LogP contribution in [0.3, 0.4) is 0 Å². The third-order valence-corrected chi connectivity index (χ3v) is 11.0. The van der Waals surface area contributed by atoms with E-state index in [4.69, 9.17) is 9.47 Å². The minimum Gasteiger partial charge on any atom is -0.394 e. The molecule has 0 unspecified atom stereocenters. The van der Waals surface area contributed by atoms with Crippen LogP contribution >= 0.6 is 0 Å². The Labute approximate surface area is 343 Å². The van der Waals surface area contributed by atoms with E-state index < -0.39 is 66.9 Å². The average Bonchev–Trinajstić information content (AvgIpc) is 3.98. The molecule has 328 valence electrons. The van der Waals surface area contributed by atoms with Crippen molar-refractivity contribution in [3.63, 3.8) is 0 Å². The summed E-state index contributed by atoms with van der Waals surface area (Å²) in [4.78, 5) is 39.2. The Morgan fingerprint density at radius 3 is 2.22 bits per heavy atom. The Bertz CT molecular complexity index is 1890. The van der Waals surface area contributed by atoms with Gasteiger partial charge in [-0.15, -0.1) is 10.2 Å². The van der Waals surface area contributed by atoms with Gasteiger partial charge >= 0.3 is 5.69 Å². The number of hydrogen-bond donors (Lipinski definition) is 6. The van der Waals surface area contributed by atoms with E-state index in [0.29, 0.717) is 12.1 Å². The smallest absolute Gasteiger partial charge is 0.333 e. The lowest BCUT2D eigenvalue weighted by molar-refractivity contribution is -0.254. The first-order chi connectivity index (χ1) is 28.5. The lowest BCUT2D eigenvalue weighted by atomic mass is 9.98. The molecule has 2 aliphatic heterocycles. The first-order valence-corrected chi connectivity index (χ1v) is 21.2.